The molecule has 0 bridgehead atoms. The first kappa shape index (κ1) is 41.6. The van der Waals surface area contributed by atoms with E-state index in [2.05, 4.69) is 23.8 Å². The lowest BCUT2D eigenvalue weighted by atomic mass is 10.0. The molecule has 0 radical (unpaired) electrons. The number of nitrogens with two attached hydrogens (primary N) is 1. The molecular weight excluding hydrogens is 670 g/mol. The molecule has 5 N–H and O–H groups in total. The minimum absolute atomic E-state index is 0.0637. The van der Waals surface area contributed by atoms with E-state index in [-0.39, 0.29) is 41.0 Å². The van der Waals surface area contributed by atoms with Crippen LogP contribution in [0.1, 0.15) is 74.9 Å². The van der Waals surface area contributed by atoms with E-state index < -0.39 is 62.6 Å². The number of alkyl halides is 6. The SMILES string of the molecule is C=Cc1cc(CNC(=O)OC(C)(C)C)cc(C(F)(F)F)c1N.C=Cc1cc(CNC(=O)OC(C)(C)C)cc(C(F)(F)F)c1NS(C)(=O)=O. The van der Waals surface area contributed by atoms with Gasteiger partial charge in [-0.2, -0.15) is 26.3 Å². The summed E-state index contributed by atoms with van der Waals surface area (Å²) in [5.41, 5.74) is 1.37. The minimum Gasteiger partial charge on any atom is -0.444 e. The predicted octanol–water partition coefficient (Wildman–Crippen LogP) is 7.70. The quantitative estimate of drug-likeness (QED) is 0.162. The van der Waals surface area contributed by atoms with Crippen molar-refractivity contribution in [2.24, 2.45) is 0 Å². The number of nitrogen functional groups attached to an aromatic ring is 1. The summed E-state index contributed by atoms with van der Waals surface area (Å²) in [7, 11) is -3.94. The predicted molar refractivity (Wildman–Crippen MR) is 172 cm³/mol. The summed E-state index contributed by atoms with van der Waals surface area (Å²) in [4.78, 5) is 23.2. The van der Waals surface area contributed by atoms with E-state index >= 15 is 0 Å². The summed E-state index contributed by atoms with van der Waals surface area (Å²) in [6.45, 7) is 16.5. The molecule has 268 valence electrons. The fraction of sp³-hybridized carbons (Fsp3) is 0.419. The first-order valence-electron chi connectivity index (χ1n) is 14.0. The molecule has 2 aromatic rings. The number of sulfonamides is 1. The molecule has 0 heterocycles. The second-order valence-corrected chi connectivity index (χ2v) is 14.0. The highest BCUT2D eigenvalue weighted by Crippen LogP contribution is 2.39. The monoisotopic (exact) mass is 710 g/mol. The van der Waals surface area contributed by atoms with Crippen molar-refractivity contribution in [2.45, 2.75) is 78.2 Å². The van der Waals surface area contributed by atoms with Crippen molar-refractivity contribution < 1.29 is 53.8 Å². The van der Waals surface area contributed by atoms with Gasteiger partial charge >= 0.3 is 24.5 Å². The number of hydrogen-bond acceptors (Lipinski definition) is 7. The van der Waals surface area contributed by atoms with Crippen molar-refractivity contribution >= 4 is 45.7 Å². The Bertz CT molecular complexity index is 1610. The van der Waals surface area contributed by atoms with Gasteiger partial charge in [0.25, 0.3) is 0 Å². The molecule has 0 saturated carbocycles. The number of hydrogen-bond donors (Lipinski definition) is 4. The van der Waals surface area contributed by atoms with Crippen LogP contribution in [0.25, 0.3) is 12.2 Å². The first-order valence-corrected chi connectivity index (χ1v) is 15.9. The Hall–Kier alpha value is -4.41. The van der Waals surface area contributed by atoms with Crippen LogP contribution in [0.3, 0.4) is 0 Å². The number of alkyl carbamates (subject to hydrolysis) is 2. The molecule has 2 aromatic carbocycles. The van der Waals surface area contributed by atoms with Crippen LogP contribution in [0.15, 0.2) is 37.4 Å². The van der Waals surface area contributed by atoms with Crippen LogP contribution in [0.4, 0.5) is 47.3 Å². The van der Waals surface area contributed by atoms with Gasteiger partial charge in [0.15, 0.2) is 0 Å². The second-order valence-electron chi connectivity index (χ2n) is 12.2. The largest absolute Gasteiger partial charge is 0.444 e. The highest BCUT2D eigenvalue weighted by atomic mass is 32.2. The number of anilines is 2. The van der Waals surface area contributed by atoms with Gasteiger partial charge in [-0.3, -0.25) is 4.72 Å². The summed E-state index contributed by atoms with van der Waals surface area (Å²) >= 11 is 0. The van der Waals surface area contributed by atoms with Gasteiger partial charge in [0.05, 0.1) is 28.8 Å². The van der Waals surface area contributed by atoms with Gasteiger partial charge in [0.1, 0.15) is 11.2 Å². The fourth-order valence-corrected chi connectivity index (χ4v) is 4.33. The molecule has 2 rings (SSSR count). The maximum Gasteiger partial charge on any atom is 0.418 e. The smallest absolute Gasteiger partial charge is 0.418 e. The van der Waals surface area contributed by atoms with E-state index in [1.54, 1.807) is 41.5 Å². The van der Waals surface area contributed by atoms with Crippen LogP contribution in [-0.2, 0) is 44.9 Å². The Morgan fingerprint density at radius 2 is 1.12 bits per heavy atom. The average Bonchev–Trinajstić information content (AvgIpc) is 2.88. The zero-order valence-corrected chi connectivity index (χ0v) is 28.3. The van der Waals surface area contributed by atoms with Crippen molar-refractivity contribution in [1.82, 2.24) is 10.6 Å². The van der Waals surface area contributed by atoms with Crippen molar-refractivity contribution in [2.75, 3.05) is 16.7 Å². The van der Waals surface area contributed by atoms with Crippen molar-refractivity contribution in [3.05, 3.63) is 70.8 Å². The summed E-state index contributed by atoms with van der Waals surface area (Å²) < 4.78 is 114. The van der Waals surface area contributed by atoms with Gasteiger partial charge in [-0.25, -0.2) is 18.0 Å². The van der Waals surface area contributed by atoms with Gasteiger partial charge in [-0.15, -0.1) is 0 Å². The van der Waals surface area contributed by atoms with E-state index in [4.69, 9.17) is 15.2 Å². The van der Waals surface area contributed by atoms with E-state index in [0.29, 0.717) is 0 Å². The van der Waals surface area contributed by atoms with Crippen molar-refractivity contribution in [1.29, 1.82) is 0 Å². The van der Waals surface area contributed by atoms with Gasteiger partial charge in [0, 0.05) is 13.1 Å². The van der Waals surface area contributed by atoms with E-state index in [0.717, 1.165) is 24.5 Å². The molecule has 0 aliphatic heterocycles. The Kier molecular flexibility index (Phi) is 13.6. The lowest BCUT2D eigenvalue weighted by Gasteiger charge is -2.21. The second kappa shape index (κ2) is 15.7. The summed E-state index contributed by atoms with van der Waals surface area (Å²) in [5.74, 6) is 0. The van der Waals surface area contributed by atoms with E-state index in [1.165, 1.54) is 18.2 Å². The number of rotatable bonds is 8. The molecule has 0 aliphatic carbocycles. The fourth-order valence-electron chi connectivity index (χ4n) is 3.73. The Morgan fingerprint density at radius 3 is 1.46 bits per heavy atom. The number of halogens is 6. The molecular formula is C31H40F6N4O6S. The maximum absolute atomic E-state index is 13.4. The average molecular weight is 711 g/mol. The number of amides is 2. The highest BCUT2D eigenvalue weighted by Gasteiger charge is 2.36. The lowest BCUT2D eigenvalue weighted by molar-refractivity contribution is -0.137. The third-order valence-electron chi connectivity index (χ3n) is 5.51. The number of nitrogens with one attached hydrogen (secondary N) is 3. The zero-order chi connectivity index (χ0) is 37.5. The van der Waals surface area contributed by atoms with Gasteiger partial charge in [-0.1, -0.05) is 25.3 Å². The van der Waals surface area contributed by atoms with Crippen LogP contribution in [0.5, 0.6) is 0 Å². The third kappa shape index (κ3) is 14.6. The normalized spacial score (nSPS) is 12.2. The lowest BCUT2D eigenvalue weighted by Crippen LogP contribution is -2.32. The molecule has 0 fully saturated rings. The summed E-state index contributed by atoms with van der Waals surface area (Å²) in [5, 5.41) is 4.75. The third-order valence-corrected chi connectivity index (χ3v) is 6.08. The highest BCUT2D eigenvalue weighted by molar-refractivity contribution is 7.92. The van der Waals surface area contributed by atoms with Crippen molar-refractivity contribution in [3.8, 4) is 0 Å². The summed E-state index contributed by atoms with van der Waals surface area (Å²) in [6.07, 6.45) is -7.81. The van der Waals surface area contributed by atoms with Crippen molar-refractivity contribution in [3.63, 3.8) is 0 Å². The molecule has 0 saturated heterocycles. The molecule has 0 unspecified atom stereocenters. The minimum atomic E-state index is -4.81. The van der Waals surface area contributed by atoms with Gasteiger partial charge in [-0.05, 0) is 88.1 Å². The Balaban J connectivity index is 0.000000487. The molecule has 0 spiro atoms. The number of carbonyl (C=O) groups is 2. The number of carbonyl (C=O) groups excluding carboxylic acids is 2. The molecule has 0 aromatic heterocycles. The standard InChI is InChI=1S/C16H21F3N2O4S.C15H19F3N2O2/c1-6-11-7-10(9-20-14(22)25-15(2,3)4)8-12(16(17,18)19)13(11)21-26(5,23)24;1-5-10-6-9(7-11(12(10)19)15(16,17)18)8-20-13(21)22-14(2,3)4/h6-8,21H,1,9H2,2-5H3,(H,20,22);5-7H,1,8,19H2,2-4H3,(H,20,21). The van der Waals surface area contributed by atoms with Crippen LogP contribution in [-0.4, -0.2) is 38.1 Å². The zero-order valence-electron chi connectivity index (χ0n) is 27.5. The van der Waals surface area contributed by atoms with Crippen LogP contribution < -0.4 is 21.1 Å². The van der Waals surface area contributed by atoms with Crippen LogP contribution in [0.2, 0.25) is 0 Å². The number of ether oxygens (including phenoxy) is 2. The van der Waals surface area contributed by atoms with Crippen LogP contribution >= 0.6 is 0 Å². The number of benzene rings is 2. The molecule has 0 atom stereocenters. The first-order chi connectivity index (χ1) is 21.6. The maximum atomic E-state index is 13.4. The molecule has 10 nitrogen and oxygen atoms in total. The molecule has 17 heteroatoms. The summed E-state index contributed by atoms with van der Waals surface area (Å²) in [6, 6.07) is 4.40. The van der Waals surface area contributed by atoms with E-state index in [1.807, 2.05) is 4.72 Å². The Labute approximate surface area is 275 Å². The molecule has 0 aliphatic rings. The van der Waals surface area contributed by atoms with E-state index in [9.17, 15) is 44.3 Å². The van der Waals surface area contributed by atoms with Crippen LogP contribution in [0, 0.1) is 0 Å². The Morgan fingerprint density at radius 1 is 0.750 bits per heavy atom. The molecule has 48 heavy (non-hydrogen) atoms. The van der Waals surface area contributed by atoms with Gasteiger partial charge < -0.3 is 25.8 Å². The molecule has 2 amide bonds. The van der Waals surface area contributed by atoms with Gasteiger partial charge in [0.2, 0.25) is 10.0 Å². The topological polar surface area (TPSA) is 149 Å².